The molecule has 2 rings (SSSR count). The number of esters is 1. The van der Waals surface area contributed by atoms with E-state index in [2.05, 4.69) is 9.72 Å². The Bertz CT molecular complexity index is 648. The van der Waals surface area contributed by atoms with Gasteiger partial charge in [-0.05, 0) is 13.0 Å². The summed E-state index contributed by atoms with van der Waals surface area (Å²) < 4.78 is 42.8. The van der Waals surface area contributed by atoms with Gasteiger partial charge >= 0.3 is 12.1 Å². The summed E-state index contributed by atoms with van der Waals surface area (Å²) in [5.41, 5.74) is -1.39. The zero-order valence-electron chi connectivity index (χ0n) is 11.0. The van der Waals surface area contributed by atoms with E-state index in [0.717, 1.165) is 6.07 Å². The predicted molar refractivity (Wildman–Crippen MR) is 65.2 cm³/mol. The minimum Gasteiger partial charge on any atom is -0.462 e. The number of aromatic nitrogens is 1. The number of hydrogen-bond donors (Lipinski definition) is 1. The Morgan fingerprint density at radius 1 is 1.38 bits per heavy atom. The number of nitrogens with one attached hydrogen (secondary N) is 1. The molecular formula is C13H12F3NO4. The van der Waals surface area contributed by atoms with Crippen LogP contribution in [0.4, 0.5) is 13.2 Å². The Balaban J connectivity index is 2.43. The van der Waals surface area contributed by atoms with Gasteiger partial charge < -0.3 is 9.72 Å². The molecule has 0 bridgehead atoms. The fourth-order valence-electron chi connectivity index (χ4n) is 2.22. The molecule has 1 aromatic heterocycles. The number of hydrogen-bond acceptors (Lipinski definition) is 4. The SMILES string of the molecule is CCOC(=O)c1cc2c([nH]c1=O)C[C@H](C(F)(F)F)CC2=O. The van der Waals surface area contributed by atoms with Crippen molar-refractivity contribution in [2.24, 2.45) is 5.92 Å². The molecule has 114 valence electrons. The van der Waals surface area contributed by atoms with Crippen LogP contribution in [0.25, 0.3) is 0 Å². The standard InChI is InChI=1S/C13H12F3NO4/c1-2-21-12(20)8-5-7-9(17-11(8)19)3-6(4-10(7)18)13(14,15)16/h5-6H,2-4H2,1H3,(H,17,19)/t6-/m0/s1. The monoisotopic (exact) mass is 303 g/mol. The summed E-state index contributed by atoms with van der Waals surface area (Å²) in [6.07, 6.45) is -5.68. The zero-order valence-corrected chi connectivity index (χ0v) is 11.0. The number of Topliss-reactive ketones (excluding diaryl/α,β-unsaturated/α-hetero) is 1. The van der Waals surface area contributed by atoms with E-state index in [1.807, 2.05) is 0 Å². The van der Waals surface area contributed by atoms with Crippen LogP contribution in [0.1, 0.15) is 39.8 Å². The van der Waals surface area contributed by atoms with Crippen molar-refractivity contribution < 1.29 is 27.5 Å². The van der Waals surface area contributed by atoms with Gasteiger partial charge in [0.25, 0.3) is 5.56 Å². The molecule has 1 aromatic rings. The van der Waals surface area contributed by atoms with Crippen LogP contribution in [0.3, 0.4) is 0 Å². The molecule has 0 saturated carbocycles. The maximum atomic E-state index is 12.7. The highest BCUT2D eigenvalue weighted by Crippen LogP contribution is 2.36. The summed E-state index contributed by atoms with van der Waals surface area (Å²) >= 11 is 0. The first kappa shape index (κ1) is 15.3. The third-order valence-corrected chi connectivity index (χ3v) is 3.26. The lowest BCUT2D eigenvalue weighted by Crippen LogP contribution is -2.34. The van der Waals surface area contributed by atoms with Gasteiger partial charge in [-0.2, -0.15) is 13.2 Å². The van der Waals surface area contributed by atoms with Gasteiger partial charge in [0.05, 0.1) is 12.5 Å². The molecule has 1 aliphatic carbocycles. The highest BCUT2D eigenvalue weighted by Gasteiger charge is 2.44. The second-order valence-corrected chi connectivity index (χ2v) is 4.69. The van der Waals surface area contributed by atoms with Gasteiger partial charge in [0.1, 0.15) is 5.56 Å². The summed E-state index contributed by atoms with van der Waals surface area (Å²) in [5, 5.41) is 0. The van der Waals surface area contributed by atoms with Gasteiger partial charge in [0.15, 0.2) is 5.78 Å². The van der Waals surface area contributed by atoms with Crippen molar-refractivity contribution in [3.05, 3.63) is 33.2 Å². The smallest absolute Gasteiger partial charge is 0.392 e. The molecule has 0 spiro atoms. The number of pyridine rings is 1. The molecule has 0 aromatic carbocycles. The van der Waals surface area contributed by atoms with Crippen LogP contribution >= 0.6 is 0 Å². The fraction of sp³-hybridized carbons (Fsp3) is 0.462. The minimum absolute atomic E-state index is 0.0411. The molecule has 0 radical (unpaired) electrons. The third-order valence-electron chi connectivity index (χ3n) is 3.26. The number of carbonyl (C=O) groups excluding carboxylic acids is 2. The summed E-state index contributed by atoms with van der Waals surface area (Å²) in [5.74, 6) is -3.48. The molecule has 1 N–H and O–H groups in total. The zero-order chi connectivity index (χ0) is 15.8. The van der Waals surface area contributed by atoms with E-state index in [-0.39, 0.29) is 23.4 Å². The molecule has 1 aliphatic rings. The lowest BCUT2D eigenvalue weighted by molar-refractivity contribution is -0.174. The number of fused-ring (bicyclic) bond motifs is 1. The molecule has 21 heavy (non-hydrogen) atoms. The summed E-state index contributed by atoms with van der Waals surface area (Å²) in [4.78, 5) is 37.3. The van der Waals surface area contributed by atoms with Crippen molar-refractivity contribution in [3.63, 3.8) is 0 Å². The van der Waals surface area contributed by atoms with Crippen LogP contribution in [-0.2, 0) is 11.2 Å². The number of alkyl halides is 3. The van der Waals surface area contributed by atoms with Gasteiger partial charge in [-0.15, -0.1) is 0 Å². The fourth-order valence-corrected chi connectivity index (χ4v) is 2.22. The molecule has 8 heteroatoms. The Kier molecular flexibility index (Phi) is 3.89. The number of ether oxygens (including phenoxy) is 1. The van der Waals surface area contributed by atoms with Crippen LogP contribution in [0.2, 0.25) is 0 Å². The maximum absolute atomic E-state index is 12.7. The Morgan fingerprint density at radius 2 is 2.05 bits per heavy atom. The van der Waals surface area contributed by atoms with Crippen LogP contribution in [0.5, 0.6) is 0 Å². The first-order valence-electron chi connectivity index (χ1n) is 6.27. The van der Waals surface area contributed by atoms with Crippen LogP contribution in [0.15, 0.2) is 10.9 Å². The molecule has 0 saturated heterocycles. The minimum atomic E-state index is -4.51. The summed E-state index contributed by atoms with van der Waals surface area (Å²) in [7, 11) is 0. The largest absolute Gasteiger partial charge is 0.462 e. The predicted octanol–water partition coefficient (Wildman–Crippen LogP) is 1.86. The molecule has 0 aliphatic heterocycles. The van der Waals surface area contributed by atoms with Gasteiger partial charge in [-0.25, -0.2) is 4.79 Å². The third kappa shape index (κ3) is 2.98. The second kappa shape index (κ2) is 5.34. The highest BCUT2D eigenvalue weighted by atomic mass is 19.4. The van der Waals surface area contributed by atoms with E-state index in [1.54, 1.807) is 6.92 Å². The Hall–Kier alpha value is -2.12. The van der Waals surface area contributed by atoms with Gasteiger partial charge in [0.2, 0.25) is 0 Å². The van der Waals surface area contributed by atoms with Crippen molar-refractivity contribution in [2.75, 3.05) is 6.61 Å². The quantitative estimate of drug-likeness (QED) is 0.846. The molecule has 1 heterocycles. The number of rotatable bonds is 2. The number of ketones is 1. The van der Waals surface area contributed by atoms with Crippen molar-refractivity contribution in [1.29, 1.82) is 0 Å². The highest BCUT2D eigenvalue weighted by molar-refractivity contribution is 6.00. The lowest BCUT2D eigenvalue weighted by Gasteiger charge is -2.25. The molecule has 0 amide bonds. The van der Waals surface area contributed by atoms with Gasteiger partial charge in [-0.3, -0.25) is 9.59 Å². The normalized spacial score (nSPS) is 18.3. The first-order chi connectivity index (χ1) is 9.74. The number of H-pyrrole nitrogens is 1. The van der Waals surface area contributed by atoms with Gasteiger partial charge in [0, 0.05) is 24.1 Å². The first-order valence-corrected chi connectivity index (χ1v) is 6.27. The summed E-state index contributed by atoms with van der Waals surface area (Å²) in [6, 6.07) is 1.01. The van der Waals surface area contributed by atoms with Crippen molar-refractivity contribution in [3.8, 4) is 0 Å². The average Bonchev–Trinajstić information content (AvgIpc) is 2.36. The second-order valence-electron chi connectivity index (χ2n) is 4.69. The average molecular weight is 303 g/mol. The van der Waals surface area contributed by atoms with E-state index in [1.165, 1.54) is 0 Å². The maximum Gasteiger partial charge on any atom is 0.392 e. The molecule has 1 atom stereocenters. The van der Waals surface area contributed by atoms with Gasteiger partial charge in [-0.1, -0.05) is 0 Å². The van der Waals surface area contributed by atoms with E-state index >= 15 is 0 Å². The van der Waals surface area contributed by atoms with Crippen molar-refractivity contribution in [2.45, 2.75) is 25.9 Å². The van der Waals surface area contributed by atoms with E-state index in [9.17, 15) is 27.6 Å². The molecular weight excluding hydrogens is 291 g/mol. The van der Waals surface area contributed by atoms with Crippen molar-refractivity contribution in [1.82, 2.24) is 4.98 Å². The Labute approximate surface area is 117 Å². The van der Waals surface area contributed by atoms with Crippen molar-refractivity contribution >= 4 is 11.8 Å². The van der Waals surface area contributed by atoms with Crippen LogP contribution in [-0.4, -0.2) is 29.5 Å². The van der Waals surface area contributed by atoms with E-state index in [0.29, 0.717) is 0 Å². The number of aromatic amines is 1. The molecule has 0 unspecified atom stereocenters. The molecule has 0 fully saturated rings. The van der Waals surface area contributed by atoms with Crippen LogP contribution in [0, 0.1) is 5.92 Å². The Morgan fingerprint density at radius 3 is 2.62 bits per heavy atom. The van der Waals surface area contributed by atoms with E-state index in [4.69, 9.17) is 0 Å². The van der Waals surface area contributed by atoms with Crippen LogP contribution < -0.4 is 5.56 Å². The topological polar surface area (TPSA) is 76.2 Å². The molecule has 5 nitrogen and oxygen atoms in total. The summed E-state index contributed by atoms with van der Waals surface area (Å²) in [6.45, 7) is 1.59. The number of carbonyl (C=O) groups is 2. The van der Waals surface area contributed by atoms with E-state index < -0.39 is 42.2 Å². The number of halogens is 3. The lowest BCUT2D eigenvalue weighted by atomic mass is 9.85.